The summed E-state index contributed by atoms with van der Waals surface area (Å²) in [6.07, 6.45) is -0.921. The van der Waals surface area contributed by atoms with Crippen LogP contribution < -0.4 is 10.2 Å². The summed E-state index contributed by atoms with van der Waals surface area (Å²) in [5, 5.41) is 19.4. The molecule has 19 heavy (non-hydrogen) atoms. The molecule has 0 amide bonds. The zero-order chi connectivity index (χ0) is 14.6. The van der Waals surface area contributed by atoms with Gasteiger partial charge in [-0.25, -0.2) is 0 Å². The van der Waals surface area contributed by atoms with Crippen molar-refractivity contribution in [2.45, 2.75) is 25.7 Å². The van der Waals surface area contributed by atoms with Gasteiger partial charge in [0.25, 0.3) is 0 Å². The van der Waals surface area contributed by atoms with E-state index in [9.17, 15) is 29.4 Å². The number of carboxylic acids is 2. The predicted octanol–water partition coefficient (Wildman–Crippen LogP) is -1.64. The van der Waals surface area contributed by atoms with Crippen LogP contribution in [-0.2, 0) is 26.8 Å². The van der Waals surface area contributed by atoms with Crippen LogP contribution in [-0.4, -0.2) is 61.6 Å². The minimum Gasteiger partial charge on any atom is -0.550 e. The topological polar surface area (TPSA) is 133 Å². The first-order chi connectivity index (χ1) is 8.33. The van der Waals surface area contributed by atoms with E-state index in [1.807, 2.05) is 0 Å². The minimum atomic E-state index is -1.26. The molecule has 0 saturated heterocycles. The molecule has 0 radical (unpaired) electrons. The van der Waals surface area contributed by atoms with Crippen molar-refractivity contribution in [1.82, 2.24) is 0 Å². The third-order valence-corrected chi connectivity index (χ3v) is 1.96. The van der Waals surface area contributed by atoms with E-state index in [4.69, 9.17) is 0 Å². The Hall–Kier alpha value is 0.0997. The fraction of sp³-hybridized carbons (Fsp3) is 0.500. The Labute approximate surface area is 155 Å². The molecule has 0 aliphatic rings. The van der Waals surface area contributed by atoms with Crippen molar-refractivity contribution < 1.29 is 37.0 Å². The molecular formula is C8H8Br2CaO8. The standard InChI is InChI=1S/2C4H5BrO4.Ca/c2*5-9-4(8)2-1-3(6)7;/h2*1-2H2,(H,6,7);/q;;+2/p-2. The van der Waals surface area contributed by atoms with Crippen LogP contribution in [0.5, 0.6) is 0 Å². The van der Waals surface area contributed by atoms with Crippen molar-refractivity contribution in [1.29, 1.82) is 0 Å². The van der Waals surface area contributed by atoms with Gasteiger partial charge < -0.3 is 27.5 Å². The summed E-state index contributed by atoms with van der Waals surface area (Å²) < 4.78 is 7.97. The van der Waals surface area contributed by atoms with E-state index < -0.39 is 23.9 Å². The van der Waals surface area contributed by atoms with Crippen LogP contribution in [0, 0.1) is 0 Å². The van der Waals surface area contributed by atoms with Gasteiger partial charge in [-0.15, -0.1) is 0 Å². The second-order valence-electron chi connectivity index (χ2n) is 2.64. The van der Waals surface area contributed by atoms with Crippen molar-refractivity contribution in [3.63, 3.8) is 0 Å². The van der Waals surface area contributed by atoms with Gasteiger partial charge in [-0.1, -0.05) is 0 Å². The fourth-order valence-corrected chi connectivity index (χ4v) is 0.809. The summed E-state index contributed by atoms with van der Waals surface area (Å²) in [4.78, 5) is 39.7. The first-order valence-electron chi connectivity index (χ1n) is 4.36. The third kappa shape index (κ3) is 23.6. The van der Waals surface area contributed by atoms with Crippen molar-refractivity contribution >= 4 is 94.1 Å². The quantitative estimate of drug-likeness (QED) is 0.457. The van der Waals surface area contributed by atoms with Crippen molar-refractivity contribution in [3.05, 3.63) is 0 Å². The van der Waals surface area contributed by atoms with E-state index in [2.05, 4.69) is 40.2 Å². The molecule has 0 aliphatic carbocycles. The Morgan fingerprint density at radius 2 is 1.00 bits per heavy atom. The molecule has 0 aromatic heterocycles. The maximum atomic E-state index is 10.2. The van der Waals surface area contributed by atoms with Crippen molar-refractivity contribution in [3.8, 4) is 0 Å². The summed E-state index contributed by atoms with van der Waals surface area (Å²) in [5.41, 5.74) is 0. The molecule has 0 heterocycles. The van der Waals surface area contributed by atoms with Crippen LogP contribution in [0.25, 0.3) is 0 Å². The molecule has 0 rings (SSSR count). The predicted molar refractivity (Wildman–Crippen MR) is 64.3 cm³/mol. The van der Waals surface area contributed by atoms with Crippen LogP contribution in [0.15, 0.2) is 0 Å². The van der Waals surface area contributed by atoms with E-state index in [1.54, 1.807) is 0 Å². The maximum Gasteiger partial charge on any atom is 2.00 e. The smallest absolute Gasteiger partial charge is 0.550 e. The van der Waals surface area contributed by atoms with Gasteiger partial charge in [0.05, 0.1) is 12.8 Å². The molecule has 0 fully saturated rings. The zero-order valence-electron chi connectivity index (χ0n) is 9.56. The first-order valence-corrected chi connectivity index (χ1v) is 5.65. The summed E-state index contributed by atoms with van der Waals surface area (Å²) in [5.74, 6) is -3.74. The SMILES string of the molecule is O=C([O-])CCC(=O)OBr.O=C([O-])CCC(=O)OBr.[Ca+2]. The Morgan fingerprint density at radius 3 is 1.16 bits per heavy atom. The molecule has 0 bridgehead atoms. The summed E-state index contributed by atoms with van der Waals surface area (Å²) >= 11 is 4.80. The van der Waals surface area contributed by atoms with Gasteiger partial charge >= 0.3 is 49.7 Å². The van der Waals surface area contributed by atoms with Crippen LogP contribution >= 0.6 is 32.5 Å². The largest absolute Gasteiger partial charge is 2.00 e. The monoisotopic (exact) mass is 430 g/mol. The van der Waals surface area contributed by atoms with Crippen molar-refractivity contribution in [2.24, 2.45) is 0 Å². The van der Waals surface area contributed by atoms with Crippen LogP contribution in [0.4, 0.5) is 0 Å². The van der Waals surface area contributed by atoms with Crippen LogP contribution in [0.3, 0.4) is 0 Å². The third-order valence-electron chi connectivity index (χ3n) is 1.24. The number of carboxylic acid groups (broad SMARTS) is 2. The maximum absolute atomic E-state index is 10.2. The molecule has 0 aromatic carbocycles. The molecule has 0 aromatic rings. The van der Waals surface area contributed by atoms with E-state index >= 15 is 0 Å². The molecule has 0 spiro atoms. The van der Waals surface area contributed by atoms with Crippen molar-refractivity contribution in [2.75, 3.05) is 0 Å². The Morgan fingerprint density at radius 1 is 0.737 bits per heavy atom. The number of carbonyl (C=O) groups excluding carboxylic acids is 4. The Balaban J connectivity index is -0.000000256. The van der Waals surface area contributed by atoms with E-state index in [0.29, 0.717) is 0 Å². The van der Waals surface area contributed by atoms with E-state index in [0.717, 1.165) is 0 Å². The van der Waals surface area contributed by atoms with Gasteiger partial charge in [-0.05, 0) is 12.8 Å². The molecular weight excluding hydrogens is 424 g/mol. The number of carbonyl (C=O) groups is 4. The number of halogens is 2. The molecule has 104 valence electrons. The molecule has 8 nitrogen and oxygen atoms in total. The van der Waals surface area contributed by atoms with Crippen LogP contribution in [0.1, 0.15) is 25.7 Å². The molecule has 0 aliphatic heterocycles. The Bertz CT molecular complexity index is 279. The first kappa shape index (κ1) is 24.1. The summed E-state index contributed by atoms with van der Waals surface area (Å²) in [6.45, 7) is 0. The summed E-state index contributed by atoms with van der Waals surface area (Å²) in [6, 6.07) is 0. The van der Waals surface area contributed by atoms with Gasteiger partial charge in [0.2, 0.25) is 0 Å². The molecule has 0 N–H and O–H groups in total. The molecule has 0 saturated carbocycles. The second kappa shape index (κ2) is 16.2. The Kier molecular flexibility index (Phi) is 20.5. The number of rotatable bonds is 6. The van der Waals surface area contributed by atoms with Gasteiger partial charge in [0.15, 0.2) is 32.5 Å². The van der Waals surface area contributed by atoms with Gasteiger partial charge in [0, 0.05) is 11.9 Å². The normalized spacial score (nSPS) is 8.11. The molecule has 11 heteroatoms. The zero-order valence-corrected chi connectivity index (χ0v) is 14.9. The van der Waals surface area contributed by atoms with Gasteiger partial charge in [0.1, 0.15) is 0 Å². The van der Waals surface area contributed by atoms with E-state index in [1.165, 1.54) is 0 Å². The van der Waals surface area contributed by atoms with Gasteiger partial charge in [-0.2, -0.15) is 0 Å². The minimum absolute atomic E-state index is 0. The second-order valence-corrected chi connectivity index (χ2v) is 3.29. The number of aliphatic carboxylic acids is 2. The summed E-state index contributed by atoms with van der Waals surface area (Å²) in [7, 11) is 0. The van der Waals surface area contributed by atoms with Gasteiger partial charge in [-0.3, -0.25) is 9.59 Å². The number of hydrogen-bond donors (Lipinski definition) is 0. The van der Waals surface area contributed by atoms with Crippen LogP contribution in [0.2, 0.25) is 0 Å². The molecule has 0 unspecified atom stereocenters. The number of hydrogen-bond acceptors (Lipinski definition) is 8. The van der Waals surface area contributed by atoms with E-state index in [-0.39, 0.29) is 63.4 Å². The molecule has 0 atom stereocenters. The fourth-order valence-electron chi connectivity index (χ4n) is 0.485. The average Bonchev–Trinajstić information content (AvgIpc) is 2.33. The average molecular weight is 432 g/mol.